The first-order chi connectivity index (χ1) is 6.37. The zero-order chi connectivity index (χ0) is 11.2. The topological polar surface area (TPSA) is 97.5 Å². The summed E-state index contributed by atoms with van der Waals surface area (Å²) in [6.45, 7) is 0.294. The van der Waals surface area contributed by atoms with Crippen LogP contribution in [0.4, 0.5) is 0 Å². The summed E-state index contributed by atoms with van der Waals surface area (Å²) in [4.78, 5) is 10.6. The van der Waals surface area contributed by atoms with E-state index in [0.717, 1.165) is 18.0 Å². The van der Waals surface area contributed by atoms with Gasteiger partial charge < -0.3 is 10.8 Å². The van der Waals surface area contributed by atoms with E-state index in [2.05, 4.69) is 0 Å². The lowest BCUT2D eigenvalue weighted by atomic mass is 10.3. The van der Waals surface area contributed by atoms with E-state index < -0.39 is 21.1 Å². The van der Waals surface area contributed by atoms with Gasteiger partial charge in [-0.05, 0) is 13.0 Å². The average molecular weight is 241 g/mol. The van der Waals surface area contributed by atoms with Crippen LogP contribution in [0.25, 0.3) is 0 Å². The minimum atomic E-state index is -3.01. The smallest absolute Gasteiger partial charge is 0.316 e. The summed E-state index contributed by atoms with van der Waals surface area (Å²) in [6.07, 6.45) is 1.50. The minimum Gasteiger partial charge on any atom is -0.480 e. The van der Waals surface area contributed by atoms with Crippen LogP contribution in [0.15, 0.2) is 0 Å². The van der Waals surface area contributed by atoms with E-state index >= 15 is 0 Å². The molecule has 0 aliphatic carbocycles. The van der Waals surface area contributed by atoms with Gasteiger partial charge in [-0.3, -0.25) is 4.79 Å². The third-order valence-electron chi connectivity index (χ3n) is 1.48. The molecule has 0 aromatic carbocycles. The van der Waals surface area contributed by atoms with Crippen LogP contribution >= 0.6 is 11.8 Å². The number of sulfone groups is 1. The van der Waals surface area contributed by atoms with Crippen molar-refractivity contribution in [2.75, 3.05) is 24.3 Å². The molecule has 14 heavy (non-hydrogen) atoms. The van der Waals surface area contributed by atoms with E-state index in [-0.39, 0.29) is 5.75 Å². The second-order valence-corrected chi connectivity index (χ2v) is 6.48. The molecule has 1 atom stereocenters. The standard InChI is InChI=1S/C7H15NO4S2/c1-14(11,12)5-4-13-6(2-3-8)7(9)10/h6H,2-5,8H2,1H3,(H,9,10). The molecule has 1 unspecified atom stereocenters. The SMILES string of the molecule is CS(=O)(=O)CCSC(CCN)C(=O)O. The molecule has 0 saturated heterocycles. The van der Waals surface area contributed by atoms with Gasteiger partial charge in [0.1, 0.15) is 15.1 Å². The summed E-state index contributed by atoms with van der Waals surface area (Å²) >= 11 is 1.12. The van der Waals surface area contributed by atoms with Crippen LogP contribution in [0.5, 0.6) is 0 Å². The highest BCUT2D eigenvalue weighted by atomic mass is 32.2. The summed E-state index contributed by atoms with van der Waals surface area (Å²) in [6, 6.07) is 0. The van der Waals surface area contributed by atoms with Crippen LogP contribution in [0.2, 0.25) is 0 Å². The Hall–Kier alpha value is -0.270. The molecule has 0 aromatic heterocycles. The fourth-order valence-corrected chi connectivity index (χ4v) is 3.10. The molecule has 0 saturated carbocycles. The molecular weight excluding hydrogens is 226 g/mol. The van der Waals surface area contributed by atoms with E-state index in [1.165, 1.54) is 0 Å². The van der Waals surface area contributed by atoms with Crippen LogP contribution in [-0.2, 0) is 14.6 Å². The number of nitrogens with two attached hydrogens (primary N) is 1. The average Bonchev–Trinajstić information content (AvgIpc) is 2.00. The maximum Gasteiger partial charge on any atom is 0.316 e. The molecule has 0 amide bonds. The van der Waals surface area contributed by atoms with Gasteiger partial charge in [-0.25, -0.2) is 8.42 Å². The molecule has 0 aliphatic rings. The van der Waals surface area contributed by atoms with Gasteiger partial charge in [0, 0.05) is 12.0 Å². The van der Waals surface area contributed by atoms with E-state index in [1.807, 2.05) is 0 Å². The first kappa shape index (κ1) is 13.7. The van der Waals surface area contributed by atoms with Gasteiger partial charge in [0.2, 0.25) is 0 Å². The Labute approximate surface area is 88.0 Å². The highest BCUT2D eigenvalue weighted by molar-refractivity contribution is 8.01. The number of hydrogen-bond donors (Lipinski definition) is 2. The third kappa shape index (κ3) is 7.16. The quantitative estimate of drug-likeness (QED) is 0.627. The predicted molar refractivity (Wildman–Crippen MR) is 57.3 cm³/mol. The second-order valence-electron chi connectivity index (χ2n) is 2.90. The number of carboxylic acids is 1. The van der Waals surface area contributed by atoms with Crippen molar-refractivity contribution in [3.63, 3.8) is 0 Å². The molecule has 0 rings (SSSR count). The van der Waals surface area contributed by atoms with Gasteiger partial charge in [-0.1, -0.05) is 0 Å². The maximum absolute atomic E-state index is 10.8. The second kappa shape index (κ2) is 6.26. The van der Waals surface area contributed by atoms with Gasteiger partial charge >= 0.3 is 5.97 Å². The fourth-order valence-electron chi connectivity index (χ4n) is 0.771. The van der Waals surface area contributed by atoms with Crippen molar-refractivity contribution >= 4 is 27.6 Å². The van der Waals surface area contributed by atoms with Crippen molar-refractivity contribution in [3.05, 3.63) is 0 Å². The van der Waals surface area contributed by atoms with Gasteiger partial charge in [-0.2, -0.15) is 0 Å². The first-order valence-electron chi connectivity index (χ1n) is 4.09. The van der Waals surface area contributed by atoms with Gasteiger partial charge in [0.15, 0.2) is 0 Å². The van der Waals surface area contributed by atoms with Crippen LogP contribution < -0.4 is 5.73 Å². The molecule has 0 spiro atoms. The van der Waals surface area contributed by atoms with E-state index in [0.29, 0.717) is 18.7 Å². The molecular formula is C7H15NO4S2. The summed E-state index contributed by atoms with van der Waals surface area (Å²) in [5.41, 5.74) is 5.23. The number of carbonyl (C=O) groups is 1. The van der Waals surface area contributed by atoms with Gasteiger partial charge in [0.05, 0.1) is 5.75 Å². The van der Waals surface area contributed by atoms with Crippen LogP contribution in [0, 0.1) is 0 Å². The number of aliphatic carboxylic acids is 1. The Morgan fingerprint density at radius 1 is 1.57 bits per heavy atom. The highest BCUT2D eigenvalue weighted by Crippen LogP contribution is 2.14. The molecule has 0 radical (unpaired) electrons. The molecule has 0 fully saturated rings. The number of rotatable bonds is 7. The molecule has 0 aromatic rings. The summed E-state index contributed by atoms with van der Waals surface area (Å²) in [7, 11) is -3.01. The number of hydrogen-bond acceptors (Lipinski definition) is 5. The van der Waals surface area contributed by atoms with Gasteiger partial charge in [-0.15, -0.1) is 11.8 Å². The summed E-state index contributed by atoms with van der Waals surface area (Å²) < 4.78 is 21.5. The van der Waals surface area contributed by atoms with Crippen molar-refractivity contribution in [1.29, 1.82) is 0 Å². The van der Waals surface area contributed by atoms with Gasteiger partial charge in [0.25, 0.3) is 0 Å². The van der Waals surface area contributed by atoms with E-state index in [9.17, 15) is 13.2 Å². The Balaban J connectivity index is 3.89. The maximum atomic E-state index is 10.8. The number of thioether (sulfide) groups is 1. The lowest BCUT2D eigenvalue weighted by Gasteiger charge is -2.09. The summed E-state index contributed by atoms with van der Waals surface area (Å²) in [5, 5.41) is 8.11. The Bertz CT molecular complexity index is 275. The lowest BCUT2D eigenvalue weighted by Crippen LogP contribution is -2.22. The zero-order valence-corrected chi connectivity index (χ0v) is 9.60. The first-order valence-corrected chi connectivity index (χ1v) is 7.20. The van der Waals surface area contributed by atoms with E-state index in [4.69, 9.17) is 10.8 Å². The van der Waals surface area contributed by atoms with Crippen molar-refractivity contribution in [2.24, 2.45) is 5.73 Å². The van der Waals surface area contributed by atoms with E-state index in [1.54, 1.807) is 0 Å². The fraction of sp³-hybridized carbons (Fsp3) is 0.857. The Morgan fingerprint density at radius 2 is 2.14 bits per heavy atom. The molecule has 5 nitrogen and oxygen atoms in total. The lowest BCUT2D eigenvalue weighted by molar-refractivity contribution is -0.136. The summed E-state index contributed by atoms with van der Waals surface area (Å²) in [5.74, 6) is -0.629. The normalized spacial score (nSPS) is 13.9. The highest BCUT2D eigenvalue weighted by Gasteiger charge is 2.17. The van der Waals surface area contributed by atoms with Crippen molar-refractivity contribution in [2.45, 2.75) is 11.7 Å². The van der Waals surface area contributed by atoms with Crippen LogP contribution in [0.3, 0.4) is 0 Å². The Morgan fingerprint density at radius 3 is 2.50 bits per heavy atom. The molecule has 84 valence electrons. The monoisotopic (exact) mass is 241 g/mol. The molecule has 7 heteroatoms. The van der Waals surface area contributed by atoms with Crippen molar-refractivity contribution < 1.29 is 18.3 Å². The Kier molecular flexibility index (Phi) is 6.14. The molecule has 0 heterocycles. The van der Waals surface area contributed by atoms with Crippen LogP contribution in [0.1, 0.15) is 6.42 Å². The molecule has 0 aliphatic heterocycles. The third-order valence-corrected chi connectivity index (χ3v) is 3.96. The van der Waals surface area contributed by atoms with Crippen LogP contribution in [-0.4, -0.2) is 49.0 Å². The molecule has 0 bridgehead atoms. The largest absolute Gasteiger partial charge is 0.480 e. The zero-order valence-electron chi connectivity index (χ0n) is 7.97. The van der Waals surface area contributed by atoms with Crippen molar-refractivity contribution in [3.8, 4) is 0 Å². The minimum absolute atomic E-state index is 0.00597. The van der Waals surface area contributed by atoms with Crippen molar-refractivity contribution in [1.82, 2.24) is 0 Å². The molecule has 3 N–H and O–H groups in total. The predicted octanol–water partition coefficient (Wildman–Crippen LogP) is -0.434. The number of carboxylic acid groups (broad SMARTS) is 1.